The fraction of sp³-hybridized carbons (Fsp3) is 1.00. The Hall–Kier alpha value is -0.0800. The van der Waals surface area contributed by atoms with Crippen LogP contribution in [0.4, 0.5) is 0 Å². The van der Waals surface area contributed by atoms with Crippen molar-refractivity contribution < 1.29 is 5.11 Å². The van der Waals surface area contributed by atoms with Crippen molar-refractivity contribution in [2.75, 3.05) is 26.2 Å². The molecule has 2 nitrogen and oxygen atoms in total. The van der Waals surface area contributed by atoms with Gasteiger partial charge in [0, 0.05) is 32.2 Å². The molecule has 96 valence electrons. The Bertz CT molecular complexity index is 269. The zero-order chi connectivity index (χ0) is 11.4. The lowest BCUT2D eigenvalue weighted by Crippen LogP contribution is -2.55. The summed E-state index contributed by atoms with van der Waals surface area (Å²) in [6.07, 6.45) is 7.77. The molecule has 0 aromatic carbocycles. The number of aliphatic hydroxyl groups is 1. The van der Waals surface area contributed by atoms with E-state index in [9.17, 15) is 0 Å². The summed E-state index contributed by atoms with van der Waals surface area (Å²) >= 11 is 0. The SMILES string of the molecule is OCC1CN(CC2C3CC4CC(C3)CC2C4)C1. The van der Waals surface area contributed by atoms with Gasteiger partial charge in [-0.1, -0.05) is 0 Å². The minimum atomic E-state index is 0.401. The highest BCUT2D eigenvalue weighted by Crippen LogP contribution is 2.56. The summed E-state index contributed by atoms with van der Waals surface area (Å²) in [5.74, 6) is 5.96. The molecule has 5 rings (SSSR count). The van der Waals surface area contributed by atoms with Crippen LogP contribution in [0.3, 0.4) is 0 Å². The van der Waals surface area contributed by atoms with Gasteiger partial charge in [-0.15, -0.1) is 0 Å². The smallest absolute Gasteiger partial charge is 0.0483 e. The monoisotopic (exact) mass is 235 g/mol. The molecule has 0 unspecified atom stereocenters. The van der Waals surface area contributed by atoms with Crippen molar-refractivity contribution in [3.8, 4) is 0 Å². The Labute approximate surface area is 104 Å². The summed E-state index contributed by atoms with van der Waals surface area (Å²) in [4.78, 5) is 2.60. The van der Waals surface area contributed by atoms with Gasteiger partial charge in [0.2, 0.25) is 0 Å². The molecular weight excluding hydrogens is 210 g/mol. The van der Waals surface area contributed by atoms with Gasteiger partial charge in [0.25, 0.3) is 0 Å². The number of nitrogens with zero attached hydrogens (tertiary/aromatic N) is 1. The van der Waals surface area contributed by atoms with E-state index in [0.717, 1.165) is 29.6 Å². The summed E-state index contributed by atoms with van der Waals surface area (Å²) in [5.41, 5.74) is 0. The average molecular weight is 235 g/mol. The lowest BCUT2D eigenvalue weighted by molar-refractivity contribution is -0.0659. The van der Waals surface area contributed by atoms with Gasteiger partial charge < -0.3 is 10.0 Å². The summed E-state index contributed by atoms with van der Waals surface area (Å²) in [6.45, 7) is 4.09. The Morgan fingerprint density at radius 3 is 2.00 bits per heavy atom. The zero-order valence-electron chi connectivity index (χ0n) is 10.7. The topological polar surface area (TPSA) is 23.5 Å². The highest BCUT2D eigenvalue weighted by Gasteiger charge is 2.48. The van der Waals surface area contributed by atoms with Crippen LogP contribution in [0, 0.1) is 35.5 Å². The molecule has 1 heterocycles. The number of likely N-dealkylation sites (tertiary alicyclic amines) is 1. The van der Waals surface area contributed by atoms with Gasteiger partial charge in [-0.25, -0.2) is 0 Å². The van der Waals surface area contributed by atoms with Crippen molar-refractivity contribution in [2.24, 2.45) is 35.5 Å². The van der Waals surface area contributed by atoms with Crippen LogP contribution in [0.15, 0.2) is 0 Å². The second kappa shape index (κ2) is 3.96. The van der Waals surface area contributed by atoms with E-state index < -0.39 is 0 Å². The van der Waals surface area contributed by atoms with Gasteiger partial charge in [0.1, 0.15) is 0 Å². The highest BCUT2D eigenvalue weighted by atomic mass is 16.3. The Morgan fingerprint density at radius 1 is 0.882 bits per heavy atom. The first-order chi connectivity index (χ1) is 8.31. The maximum atomic E-state index is 9.08. The quantitative estimate of drug-likeness (QED) is 0.808. The normalized spacial score (nSPS) is 49.6. The molecule has 4 aliphatic carbocycles. The van der Waals surface area contributed by atoms with Crippen LogP contribution in [0.1, 0.15) is 32.1 Å². The lowest BCUT2D eigenvalue weighted by Gasteiger charge is -2.56. The number of rotatable bonds is 3. The molecule has 4 bridgehead atoms. The van der Waals surface area contributed by atoms with Gasteiger partial charge in [0.05, 0.1) is 0 Å². The van der Waals surface area contributed by atoms with E-state index in [4.69, 9.17) is 5.11 Å². The average Bonchev–Trinajstić information content (AvgIpc) is 2.24. The van der Waals surface area contributed by atoms with Gasteiger partial charge in [0.15, 0.2) is 0 Å². The van der Waals surface area contributed by atoms with Crippen molar-refractivity contribution in [2.45, 2.75) is 32.1 Å². The maximum absolute atomic E-state index is 9.08. The Morgan fingerprint density at radius 2 is 1.47 bits per heavy atom. The molecule has 5 aliphatic rings. The third kappa shape index (κ3) is 1.76. The first-order valence-electron chi connectivity index (χ1n) is 7.65. The van der Waals surface area contributed by atoms with Crippen molar-refractivity contribution in [1.82, 2.24) is 4.90 Å². The molecule has 2 heteroatoms. The van der Waals surface area contributed by atoms with E-state index in [1.807, 2.05) is 0 Å². The fourth-order valence-electron chi connectivity index (χ4n) is 5.58. The minimum Gasteiger partial charge on any atom is -0.396 e. The van der Waals surface area contributed by atoms with E-state index in [-0.39, 0.29) is 0 Å². The molecule has 0 spiro atoms. The zero-order valence-corrected chi connectivity index (χ0v) is 10.7. The lowest BCUT2D eigenvalue weighted by atomic mass is 9.52. The first-order valence-corrected chi connectivity index (χ1v) is 7.65. The molecule has 1 N–H and O–H groups in total. The summed E-state index contributed by atoms with van der Waals surface area (Å²) in [5, 5.41) is 9.08. The van der Waals surface area contributed by atoms with Crippen LogP contribution in [-0.4, -0.2) is 36.2 Å². The van der Waals surface area contributed by atoms with Crippen LogP contribution in [0.2, 0.25) is 0 Å². The molecule has 0 aromatic heterocycles. The summed E-state index contributed by atoms with van der Waals surface area (Å²) in [7, 11) is 0. The molecule has 0 radical (unpaired) electrons. The third-order valence-electron chi connectivity index (χ3n) is 6.18. The predicted molar refractivity (Wildman–Crippen MR) is 67.6 cm³/mol. The van der Waals surface area contributed by atoms with Crippen molar-refractivity contribution >= 4 is 0 Å². The van der Waals surface area contributed by atoms with Crippen LogP contribution in [0.5, 0.6) is 0 Å². The standard InChI is InChI=1S/C15H25NO/c17-9-12-6-16(7-12)8-15-13-2-10-1-11(4-13)5-14(15)3-10/h10-15,17H,1-9H2. The van der Waals surface area contributed by atoms with Crippen LogP contribution < -0.4 is 0 Å². The first kappa shape index (κ1) is 10.8. The molecular formula is C15H25NO. The van der Waals surface area contributed by atoms with E-state index in [1.165, 1.54) is 19.6 Å². The third-order valence-corrected chi connectivity index (χ3v) is 6.18. The second-order valence-electron chi connectivity index (χ2n) is 7.36. The number of aliphatic hydroxyl groups excluding tert-OH is 1. The molecule has 1 aliphatic heterocycles. The van der Waals surface area contributed by atoms with Crippen LogP contribution >= 0.6 is 0 Å². The van der Waals surface area contributed by atoms with Gasteiger partial charge in [-0.2, -0.15) is 0 Å². The Balaban J connectivity index is 1.39. The van der Waals surface area contributed by atoms with E-state index in [1.54, 1.807) is 32.1 Å². The number of hydrogen-bond acceptors (Lipinski definition) is 2. The molecule has 4 saturated carbocycles. The maximum Gasteiger partial charge on any atom is 0.0483 e. The van der Waals surface area contributed by atoms with E-state index in [2.05, 4.69) is 4.90 Å². The number of hydrogen-bond donors (Lipinski definition) is 1. The van der Waals surface area contributed by atoms with Gasteiger partial charge in [-0.05, 0) is 61.7 Å². The molecule has 0 amide bonds. The molecule has 1 saturated heterocycles. The summed E-state index contributed by atoms with van der Waals surface area (Å²) in [6, 6.07) is 0. The molecule has 5 fully saturated rings. The molecule has 17 heavy (non-hydrogen) atoms. The van der Waals surface area contributed by atoms with Crippen molar-refractivity contribution in [3.63, 3.8) is 0 Å². The van der Waals surface area contributed by atoms with Crippen LogP contribution in [0.25, 0.3) is 0 Å². The summed E-state index contributed by atoms with van der Waals surface area (Å²) < 4.78 is 0. The van der Waals surface area contributed by atoms with Crippen molar-refractivity contribution in [3.05, 3.63) is 0 Å². The van der Waals surface area contributed by atoms with Gasteiger partial charge >= 0.3 is 0 Å². The largest absolute Gasteiger partial charge is 0.396 e. The Kier molecular flexibility index (Phi) is 2.52. The highest BCUT2D eigenvalue weighted by molar-refractivity contribution is 4.99. The second-order valence-corrected chi connectivity index (χ2v) is 7.36. The molecule has 0 aromatic rings. The van der Waals surface area contributed by atoms with E-state index in [0.29, 0.717) is 12.5 Å². The molecule has 0 atom stereocenters. The van der Waals surface area contributed by atoms with E-state index >= 15 is 0 Å². The van der Waals surface area contributed by atoms with Gasteiger partial charge in [-0.3, -0.25) is 0 Å². The fourth-order valence-corrected chi connectivity index (χ4v) is 5.58. The van der Waals surface area contributed by atoms with Crippen molar-refractivity contribution in [1.29, 1.82) is 0 Å². The van der Waals surface area contributed by atoms with Crippen LogP contribution in [-0.2, 0) is 0 Å². The minimum absolute atomic E-state index is 0.401. The predicted octanol–water partition coefficient (Wildman–Crippen LogP) is 1.98.